The second kappa shape index (κ2) is 14.7. The van der Waals surface area contributed by atoms with Crippen molar-refractivity contribution in [3.63, 3.8) is 0 Å². The number of rotatable bonds is 2. The molecule has 0 spiro atoms. The third-order valence-corrected chi connectivity index (χ3v) is 2.19. The van der Waals surface area contributed by atoms with Crippen molar-refractivity contribution in [3.05, 3.63) is 42.6 Å². The SMILES string of the molecule is CC(O)C(=O)[O-].CC(O)C(=O)[O-].N.[Pt+2].c1ccc2ncccc2c1. The Balaban J connectivity index is -0.000000282. The van der Waals surface area contributed by atoms with Gasteiger partial charge >= 0.3 is 21.1 Å². The van der Waals surface area contributed by atoms with Crippen molar-refractivity contribution in [1.82, 2.24) is 11.1 Å². The molecular weight excluding hydrogens is 499 g/mol. The number of benzene rings is 1. The number of carbonyl (C=O) groups is 2. The molecule has 0 aliphatic carbocycles. The number of carboxylic acids is 2. The summed E-state index contributed by atoms with van der Waals surface area (Å²) in [7, 11) is 0. The minimum absolute atomic E-state index is 0. The van der Waals surface area contributed by atoms with E-state index in [1.165, 1.54) is 5.39 Å². The van der Waals surface area contributed by atoms with E-state index in [0.717, 1.165) is 19.4 Å². The summed E-state index contributed by atoms with van der Waals surface area (Å²) in [6.07, 6.45) is -0.877. The third kappa shape index (κ3) is 12.7. The molecule has 0 radical (unpaired) electrons. The maximum atomic E-state index is 9.34. The van der Waals surface area contributed by atoms with Gasteiger partial charge in [0.1, 0.15) is 0 Å². The molecule has 1 aromatic carbocycles. The molecule has 24 heavy (non-hydrogen) atoms. The van der Waals surface area contributed by atoms with E-state index in [0.29, 0.717) is 0 Å². The largest absolute Gasteiger partial charge is 2.00 e. The first-order valence-corrected chi connectivity index (χ1v) is 6.33. The first kappa shape index (κ1) is 27.0. The number of nitrogens with zero attached hydrogens (tertiary/aromatic N) is 1. The summed E-state index contributed by atoms with van der Waals surface area (Å²) in [4.78, 5) is 22.9. The zero-order valence-electron chi connectivity index (χ0n) is 13.2. The van der Waals surface area contributed by atoms with E-state index < -0.39 is 24.1 Å². The van der Waals surface area contributed by atoms with Crippen molar-refractivity contribution in [1.29, 1.82) is 0 Å². The number of aromatic nitrogens is 1. The fourth-order valence-corrected chi connectivity index (χ4v) is 1.02. The molecule has 2 atom stereocenters. The van der Waals surface area contributed by atoms with Crippen LogP contribution in [0.1, 0.15) is 13.8 Å². The number of hydrogen-bond acceptors (Lipinski definition) is 8. The molecule has 0 saturated carbocycles. The van der Waals surface area contributed by atoms with Crippen LogP contribution in [0.2, 0.25) is 0 Å². The van der Waals surface area contributed by atoms with Crippen molar-refractivity contribution in [2.75, 3.05) is 0 Å². The Morgan fingerprint density at radius 2 is 1.33 bits per heavy atom. The Hall–Kier alpha value is -1.86. The molecule has 9 heteroatoms. The predicted octanol–water partition coefficient (Wildman–Crippen LogP) is -1.37. The molecular formula is C15H20N2O6Pt. The number of hydrogen-bond donors (Lipinski definition) is 3. The summed E-state index contributed by atoms with van der Waals surface area (Å²) >= 11 is 0. The molecule has 0 saturated heterocycles. The molecule has 0 aliphatic heterocycles. The van der Waals surface area contributed by atoms with Crippen molar-refractivity contribution in [2.24, 2.45) is 0 Å². The summed E-state index contributed by atoms with van der Waals surface area (Å²) in [5, 5.41) is 35.8. The average molecular weight is 519 g/mol. The standard InChI is InChI=1S/C9H7N.2C3H6O3.H3N.Pt/c1-2-6-9-8(4-1)5-3-7-10-9;2*1-2(4)3(5)6;;/h1-7H;2*2,4H,1H3,(H,5,6);1H3;/q;;;;+2/p-2. The number of carboxylic acid groups (broad SMARTS) is 2. The molecule has 0 aliphatic rings. The van der Waals surface area contributed by atoms with Gasteiger partial charge in [-0.15, -0.1) is 0 Å². The van der Waals surface area contributed by atoms with E-state index in [2.05, 4.69) is 17.1 Å². The second-order valence-electron chi connectivity index (χ2n) is 4.19. The number of aliphatic hydroxyl groups is 2. The summed E-state index contributed by atoms with van der Waals surface area (Å²) < 4.78 is 0. The molecule has 2 unspecified atom stereocenters. The fourth-order valence-electron chi connectivity index (χ4n) is 1.02. The molecule has 1 aromatic heterocycles. The number of fused-ring (bicyclic) bond motifs is 1. The number of pyridine rings is 1. The van der Waals surface area contributed by atoms with Gasteiger partial charge < -0.3 is 36.2 Å². The van der Waals surface area contributed by atoms with Crippen molar-refractivity contribution in [2.45, 2.75) is 26.1 Å². The van der Waals surface area contributed by atoms with E-state index in [1.807, 2.05) is 30.5 Å². The molecule has 136 valence electrons. The zero-order chi connectivity index (χ0) is 17.1. The fraction of sp³-hybridized carbons (Fsp3) is 0.267. The molecule has 2 aromatic rings. The Morgan fingerprint density at radius 3 is 1.71 bits per heavy atom. The summed E-state index contributed by atoms with van der Waals surface area (Å²) in [5.74, 6) is -2.87. The number of para-hydroxylation sites is 1. The van der Waals surface area contributed by atoms with E-state index in [9.17, 15) is 19.8 Å². The zero-order valence-corrected chi connectivity index (χ0v) is 15.5. The molecule has 0 amide bonds. The van der Waals surface area contributed by atoms with Crippen LogP contribution in [-0.2, 0) is 30.7 Å². The van der Waals surface area contributed by atoms with Gasteiger partial charge in [-0.05, 0) is 26.0 Å². The van der Waals surface area contributed by atoms with Crippen LogP contribution in [0.4, 0.5) is 0 Å². The van der Waals surface area contributed by atoms with Crippen LogP contribution >= 0.6 is 0 Å². The number of carbonyl (C=O) groups excluding carboxylic acids is 2. The molecule has 1 heterocycles. The van der Waals surface area contributed by atoms with Crippen LogP contribution < -0.4 is 16.4 Å². The van der Waals surface area contributed by atoms with Gasteiger partial charge in [-0.2, -0.15) is 0 Å². The smallest absolute Gasteiger partial charge is 0.547 e. The summed E-state index contributed by atoms with van der Waals surface area (Å²) in [5.41, 5.74) is 1.06. The van der Waals surface area contributed by atoms with Gasteiger partial charge in [-0.1, -0.05) is 24.3 Å². The van der Waals surface area contributed by atoms with Crippen LogP contribution in [0, 0.1) is 0 Å². The number of aliphatic carboxylic acids is 2. The maximum absolute atomic E-state index is 9.34. The van der Waals surface area contributed by atoms with Crippen LogP contribution in [0.5, 0.6) is 0 Å². The monoisotopic (exact) mass is 519 g/mol. The maximum Gasteiger partial charge on any atom is 2.00 e. The van der Waals surface area contributed by atoms with Crippen molar-refractivity contribution < 1.29 is 51.1 Å². The minimum Gasteiger partial charge on any atom is -0.547 e. The average Bonchev–Trinajstić information content (AvgIpc) is 2.48. The summed E-state index contributed by atoms with van der Waals surface area (Å²) in [6.45, 7) is 2.27. The molecule has 0 bridgehead atoms. The van der Waals surface area contributed by atoms with E-state index in [1.54, 1.807) is 0 Å². The van der Waals surface area contributed by atoms with Gasteiger partial charge in [-0.3, -0.25) is 4.98 Å². The van der Waals surface area contributed by atoms with E-state index >= 15 is 0 Å². The van der Waals surface area contributed by atoms with Crippen LogP contribution in [0.3, 0.4) is 0 Å². The van der Waals surface area contributed by atoms with Gasteiger partial charge in [0.2, 0.25) is 0 Å². The Kier molecular flexibility index (Phi) is 16.6. The normalized spacial score (nSPS) is 11.0. The van der Waals surface area contributed by atoms with E-state index in [4.69, 9.17) is 10.2 Å². The van der Waals surface area contributed by atoms with Gasteiger partial charge in [0, 0.05) is 11.6 Å². The van der Waals surface area contributed by atoms with Crippen LogP contribution in [-0.4, -0.2) is 39.3 Å². The Morgan fingerprint density at radius 1 is 0.958 bits per heavy atom. The predicted molar refractivity (Wildman–Crippen MR) is 80.1 cm³/mol. The topological polar surface area (TPSA) is 169 Å². The Bertz CT molecular complexity index is 524. The molecule has 2 rings (SSSR count). The summed E-state index contributed by atoms with van der Waals surface area (Å²) in [6, 6.07) is 12.1. The first-order valence-electron chi connectivity index (χ1n) is 6.33. The minimum atomic E-state index is -1.44. The van der Waals surface area contributed by atoms with Crippen molar-refractivity contribution >= 4 is 22.8 Å². The van der Waals surface area contributed by atoms with E-state index in [-0.39, 0.29) is 27.2 Å². The van der Waals surface area contributed by atoms with Gasteiger partial charge in [0.25, 0.3) is 0 Å². The second-order valence-corrected chi connectivity index (χ2v) is 4.19. The molecule has 8 nitrogen and oxygen atoms in total. The van der Waals surface area contributed by atoms with Crippen LogP contribution in [0.25, 0.3) is 10.9 Å². The first-order chi connectivity index (χ1) is 10.3. The van der Waals surface area contributed by atoms with Crippen molar-refractivity contribution in [3.8, 4) is 0 Å². The van der Waals surface area contributed by atoms with Gasteiger partial charge in [-0.25, -0.2) is 0 Å². The van der Waals surface area contributed by atoms with Gasteiger partial charge in [0.15, 0.2) is 0 Å². The third-order valence-electron chi connectivity index (χ3n) is 2.19. The number of aliphatic hydroxyl groups excluding tert-OH is 2. The Labute approximate surface area is 154 Å². The van der Waals surface area contributed by atoms with Crippen LogP contribution in [0.15, 0.2) is 42.6 Å². The molecule has 5 N–H and O–H groups in total. The quantitative estimate of drug-likeness (QED) is 0.437. The molecule has 0 fully saturated rings. The van der Waals surface area contributed by atoms with Gasteiger partial charge in [0.05, 0.1) is 29.7 Å².